The molecular formula is C14H18N2O4. The maximum atomic E-state index is 11.7. The molecule has 1 aliphatic heterocycles. The molecule has 0 saturated carbocycles. The average Bonchev–Trinajstić information content (AvgIpc) is 2.79. The van der Waals surface area contributed by atoms with E-state index in [1.54, 1.807) is 44.4 Å². The summed E-state index contributed by atoms with van der Waals surface area (Å²) in [4.78, 5) is 18.5. The monoisotopic (exact) mass is 278 g/mol. The van der Waals surface area contributed by atoms with Gasteiger partial charge < -0.3 is 19.2 Å². The molecule has 0 spiro atoms. The molecule has 1 aliphatic rings. The van der Waals surface area contributed by atoms with E-state index in [9.17, 15) is 4.79 Å². The number of rotatable bonds is 5. The lowest BCUT2D eigenvalue weighted by atomic mass is 10.2. The molecule has 1 aromatic carbocycles. The van der Waals surface area contributed by atoms with Gasteiger partial charge in [0.1, 0.15) is 11.5 Å². The van der Waals surface area contributed by atoms with Crippen molar-refractivity contribution in [2.75, 3.05) is 27.8 Å². The lowest BCUT2D eigenvalue weighted by molar-refractivity contribution is -0.136. The molecule has 1 fully saturated rings. The first-order valence-electron chi connectivity index (χ1n) is 6.32. The molecule has 1 aromatic rings. The summed E-state index contributed by atoms with van der Waals surface area (Å²) in [5, 5.41) is 3.88. The predicted octanol–water partition coefficient (Wildman–Crippen LogP) is 1.29. The summed E-state index contributed by atoms with van der Waals surface area (Å²) in [5.41, 5.74) is 0.727. The van der Waals surface area contributed by atoms with Crippen LogP contribution in [0.15, 0.2) is 23.4 Å². The van der Waals surface area contributed by atoms with Gasteiger partial charge in [0.25, 0.3) is 5.91 Å². The molecule has 0 aromatic heterocycles. The summed E-state index contributed by atoms with van der Waals surface area (Å²) in [6.07, 6.45) is 1.68. The van der Waals surface area contributed by atoms with Gasteiger partial charge >= 0.3 is 0 Å². The van der Waals surface area contributed by atoms with E-state index >= 15 is 0 Å². The third kappa shape index (κ3) is 3.01. The molecule has 20 heavy (non-hydrogen) atoms. The number of benzene rings is 1. The zero-order valence-electron chi connectivity index (χ0n) is 11.8. The van der Waals surface area contributed by atoms with Gasteiger partial charge in [-0.15, -0.1) is 0 Å². The Morgan fingerprint density at radius 1 is 1.35 bits per heavy atom. The molecule has 1 atom stereocenters. The van der Waals surface area contributed by atoms with Crippen LogP contribution in [-0.2, 0) is 9.63 Å². The van der Waals surface area contributed by atoms with Crippen LogP contribution in [0.4, 0.5) is 0 Å². The number of methoxy groups -OCH3 is 2. The zero-order valence-corrected chi connectivity index (χ0v) is 11.8. The van der Waals surface area contributed by atoms with Crippen LogP contribution in [0.2, 0.25) is 0 Å². The van der Waals surface area contributed by atoms with E-state index in [2.05, 4.69) is 5.16 Å². The topological polar surface area (TPSA) is 60.4 Å². The third-order valence-electron chi connectivity index (χ3n) is 3.20. The number of likely N-dealkylation sites (N-methyl/N-ethyl adjacent to an activating group) is 1. The molecule has 1 saturated heterocycles. The molecule has 6 heteroatoms. The van der Waals surface area contributed by atoms with E-state index in [1.165, 1.54) is 6.21 Å². The molecule has 1 unspecified atom stereocenters. The average molecular weight is 278 g/mol. The normalized spacial score (nSPS) is 18.6. The van der Waals surface area contributed by atoms with Crippen LogP contribution in [0.25, 0.3) is 0 Å². The van der Waals surface area contributed by atoms with Crippen LogP contribution in [0.1, 0.15) is 12.0 Å². The molecule has 0 bridgehead atoms. The van der Waals surface area contributed by atoms with Gasteiger partial charge in [0.2, 0.25) is 6.10 Å². The fourth-order valence-electron chi connectivity index (χ4n) is 1.99. The minimum atomic E-state index is -0.493. The van der Waals surface area contributed by atoms with Crippen molar-refractivity contribution in [2.45, 2.75) is 12.5 Å². The van der Waals surface area contributed by atoms with Gasteiger partial charge in [-0.3, -0.25) is 4.79 Å². The van der Waals surface area contributed by atoms with E-state index < -0.39 is 6.10 Å². The minimum absolute atomic E-state index is 0.0419. The SMILES string of the molecule is COc1ccc(OC)c(C=NOC2CCN(C)C2=O)c1. The summed E-state index contributed by atoms with van der Waals surface area (Å²) in [6.45, 7) is 0.696. The molecule has 2 rings (SSSR count). The molecule has 1 heterocycles. The lowest BCUT2D eigenvalue weighted by Gasteiger charge is -2.09. The first-order valence-corrected chi connectivity index (χ1v) is 6.32. The van der Waals surface area contributed by atoms with Crippen molar-refractivity contribution in [3.8, 4) is 11.5 Å². The second-order valence-electron chi connectivity index (χ2n) is 4.48. The second-order valence-corrected chi connectivity index (χ2v) is 4.48. The van der Waals surface area contributed by atoms with Crippen LogP contribution in [0.5, 0.6) is 11.5 Å². The maximum absolute atomic E-state index is 11.7. The maximum Gasteiger partial charge on any atom is 0.266 e. The Kier molecular flexibility index (Phi) is 4.45. The zero-order chi connectivity index (χ0) is 14.5. The van der Waals surface area contributed by atoms with Gasteiger partial charge in [-0.2, -0.15) is 0 Å². The molecular weight excluding hydrogens is 260 g/mol. The minimum Gasteiger partial charge on any atom is -0.497 e. The van der Waals surface area contributed by atoms with Gasteiger partial charge in [-0.05, 0) is 18.2 Å². The Morgan fingerprint density at radius 2 is 2.15 bits per heavy atom. The molecule has 0 N–H and O–H groups in total. The van der Waals surface area contributed by atoms with Crippen molar-refractivity contribution in [1.29, 1.82) is 0 Å². The number of nitrogens with zero attached hydrogens (tertiary/aromatic N) is 2. The molecule has 108 valence electrons. The van der Waals surface area contributed by atoms with Gasteiger partial charge in [0, 0.05) is 25.6 Å². The van der Waals surface area contributed by atoms with E-state index in [0.717, 1.165) is 5.56 Å². The number of ether oxygens (including phenoxy) is 2. The fraction of sp³-hybridized carbons (Fsp3) is 0.429. The van der Waals surface area contributed by atoms with Gasteiger partial charge in [-0.1, -0.05) is 5.16 Å². The number of carbonyl (C=O) groups is 1. The van der Waals surface area contributed by atoms with E-state index in [4.69, 9.17) is 14.3 Å². The van der Waals surface area contributed by atoms with Crippen molar-refractivity contribution in [1.82, 2.24) is 4.90 Å². The number of hydrogen-bond acceptors (Lipinski definition) is 5. The summed E-state index contributed by atoms with van der Waals surface area (Å²) in [7, 11) is 4.92. The Hall–Kier alpha value is -2.24. The van der Waals surface area contributed by atoms with Crippen molar-refractivity contribution in [3.05, 3.63) is 23.8 Å². The summed E-state index contributed by atoms with van der Waals surface area (Å²) >= 11 is 0. The van der Waals surface area contributed by atoms with Crippen LogP contribution in [0, 0.1) is 0 Å². The standard InChI is InChI=1S/C14H18N2O4/c1-16-7-6-13(14(16)17)20-15-9-10-8-11(18-2)4-5-12(10)19-3/h4-5,8-9,13H,6-7H2,1-3H3. The molecule has 6 nitrogen and oxygen atoms in total. The van der Waals surface area contributed by atoms with E-state index in [0.29, 0.717) is 24.5 Å². The number of hydrogen-bond donors (Lipinski definition) is 0. The Labute approximate surface area is 117 Å². The highest BCUT2D eigenvalue weighted by Gasteiger charge is 2.30. The fourth-order valence-corrected chi connectivity index (χ4v) is 1.99. The number of oxime groups is 1. The van der Waals surface area contributed by atoms with E-state index in [-0.39, 0.29) is 5.91 Å². The summed E-state index contributed by atoms with van der Waals surface area (Å²) < 4.78 is 10.4. The Bertz CT molecular complexity index is 516. The van der Waals surface area contributed by atoms with Gasteiger partial charge in [-0.25, -0.2) is 0 Å². The second kappa shape index (κ2) is 6.27. The third-order valence-corrected chi connectivity index (χ3v) is 3.20. The largest absolute Gasteiger partial charge is 0.497 e. The van der Waals surface area contributed by atoms with Crippen molar-refractivity contribution in [3.63, 3.8) is 0 Å². The van der Waals surface area contributed by atoms with Gasteiger partial charge in [0.15, 0.2) is 0 Å². The number of amides is 1. The van der Waals surface area contributed by atoms with Crippen molar-refractivity contribution >= 4 is 12.1 Å². The quantitative estimate of drug-likeness (QED) is 0.601. The number of carbonyl (C=O) groups excluding carboxylic acids is 1. The van der Waals surface area contributed by atoms with Crippen molar-refractivity contribution < 1.29 is 19.1 Å². The first kappa shape index (κ1) is 14.2. The van der Waals surface area contributed by atoms with Crippen LogP contribution in [-0.4, -0.2) is 50.9 Å². The first-order chi connectivity index (χ1) is 9.65. The Balaban J connectivity index is 2.05. The highest BCUT2D eigenvalue weighted by molar-refractivity contribution is 5.85. The van der Waals surface area contributed by atoms with E-state index in [1.807, 2.05) is 0 Å². The van der Waals surface area contributed by atoms with Gasteiger partial charge in [0.05, 0.1) is 20.4 Å². The highest BCUT2D eigenvalue weighted by atomic mass is 16.6. The number of likely N-dealkylation sites (tertiary alicyclic amines) is 1. The smallest absolute Gasteiger partial charge is 0.266 e. The van der Waals surface area contributed by atoms with Crippen LogP contribution < -0.4 is 9.47 Å². The van der Waals surface area contributed by atoms with Crippen LogP contribution in [0.3, 0.4) is 0 Å². The predicted molar refractivity (Wildman–Crippen MR) is 74.3 cm³/mol. The summed E-state index contributed by atoms with van der Waals surface area (Å²) in [6, 6.07) is 5.37. The van der Waals surface area contributed by atoms with Crippen LogP contribution >= 0.6 is 0 Å². The lowest BCUT2D eigenvalue weighted by Crippen LogP contribution is -2.26. The molecule has 1 amide bonds. The Morgan fingerprint density at radius 3 is 2.75 bits per heavy atom. The molecule has 0 aliphatic carbocycles. The summed E-state index contributed by atoms with van der Waals surface area (Å²) in [5.74, 6) is 1.32. The molecule has 0 radical (unpaired) electrons. The van der Waals surface area contributed by atoms with Crippen molar-refractivity contribution in [2.24, 2.45) is 5.16 Å². The highest BCUT2D eigenvalue weighted by Crippen LogP contribution is 2.22.